The number of benzene rings is 2. The molecule has 3 amide bonds. The summed E-state index contributed by atoms with van der Waals surface area (Å²) in [6.45, 7) is 2.02. The van der Waals surface area contributed by atoms with Crippen molar-refractivity contribution in [2.75, 3.05) is 25.1 Å². The average molecular weight is 436 g/mol. The summed E-state index contributed by atoms with van der Waals surface area (Å²) in [5, 5.41) is 3.01. The third-order valence-corrected chi connectivity index (χ3v) is 6.21. The minimum Gasteiger partial charge on any atom is -0.496 e. The second-order valence-corrected chi connectivity index (χ2v) is 8.35. The summed E-state index contributed by atoms with van der Waals surface area (Å²) >= 11 is 0. The SMILES string of the molecule is COc1ccccc1CN1CC(C(=O)NCc2ccc(N3CCCC3=O)cc2)CCC1=O. The Hall–Kier alpha value is -3.35. The van der Waals surface area contributed by atoms with Gasteiger partial charge in [0.1, 0.15) is 5.75 Å². The summed E-state index contributed by atoms with van der Waals surface area (Å²) in [4.78, 5) is 40.7. The fourth-order valence-electron chi connectivity index (χ4n) is 4.37. The van der Waals surface area contributed by atoms with Gasteiger partial charge in [0.05, 0.1) is 13.0 Å². The van der Waals surface area contributed by atoms with Gasteiger partial charge in [0.2, 0.25) is 17.7 Å². The maximum absolute atomic E-state index is 12.8. The third kappa shape index (κ3) is 4.93. The van der Waals surface area contributed by atoms with Crippen molar-refractivity contribution >= 4 is 23.4 Å². The van der Waals surface area contributed by atoms with Crippen LogP contribution in [0.3, 0.4) is 0 Å². The number of ether oxygens (including phenoxy) is 1. The minimum atomic E-state index is -0.232. The van der Waals surface area contributed by atoms with E-state index < -0.39 is 0 Å². The highest BCUT2D eigenvalue weighted by Crippen LogP contribution is 2.25. The Morgan fingerprint density at radius 1 is 1.06 bits per heavy atom. The number of nitrogens with one attached hydrogen (secondary N) is 1. The van der Waals surface area contributed by atoms with Crippen LogP contribution in [0.15, 0.2) is 48.5 Å². The molecule has 0 saturated carbocycles. The number of carbonyl (C=O) groups excluding carboxylic acids is 3. The number of hydrogen-bond donors (Lipinski definition) is 1. The van der Waals surface area contributed by atoms with Gasteiger partial charge in [-0.25, -0.2) is 0 Å². The Balaban J connectivity index is 1.32. The van der Waals surface area contributed by atoms with Crippen LogP contribution >= 0.6 is 0 Å². The number of anilines is 1. The Kier molecular flexibility index (Phi) is 6.73. The van der Waals surface area contributed by atoms with Gasteiger partial charge >= 0.3 is 0 Å². The van der Waals surface area contributed by atoms with Gasteiger partial charge in [-0.2, -0.15) is 0 Å². The molecule has 0 aliphatic carbocycles. The van der Waals surface area contributed by atoms with Gasteiger partial charge in [-0.1, -0.05) is 30.3 Å². The monoisotopic (exact) mass is 435 g/mol. The van der Waals surface area contributed by atoms with Crippen LogP contribution < -0.4 is 15.0 Å². The zero-order valence-electron chi connectivity index (χ0n) is 18.4. The molecule has 2 fully saturated rings. The number of piperidine rings is 1. The van der Waals surface area contributed by atoms with E-state index in [4.69, 9.17) is 4.74 Å². The van der Waals surface area contributed by atoms with Crippen molar-refractivity contribution in [1.82, 2.24) is 10.2 Å². The van der Waals surface area contributed by atoms with Crippen LogP contribution in [0.1, 0.15) is 36.8 Å². The van der Waals surface area contributed by atoms with E-state index in [1.165, 1.54) is 0 Å². The van der Waals surface area contributed by atoms with Crippen LogP contribution in [0.5, 0.6) is 5.75 Å². The molecule has 0 bridgehead atoms. The van der Waals surface area contributed by atoms with Gasteiger partial charge in [-0.05, 0) is 36.6 Å². The van der Waals surface area contributed by atoms with Crippen molar-refractivity contribution in [1.29, 1.82) is 0 Å². The summed E-state index contributed by atoms with van der Waals surface area (Å²) in [5.74, 6) is 0.693. The molecule has 32 heavy (non-hydrogen) atoms. The second-order valence-electron chi connectivity index (χ2n) is 8.35. The van der Waals surface area contributed by atoms with Gasteiger partial charge in [0.25, 0.3) is 0 Å². The molecule has 1 atom stereocenters. The van der Waals surface area contributed by atoms with Crippen LogP contribution in [-0.4, -0.2) is 42.8 Å². The predicted octanol–water partition coefficient (Wildman–Crippen LogP) is 2.88. The van der Waals surface area contributed by atoms with Gasteiger partial charge in [-0.3, -0.25) is 14.4 Å². The first-order valence-corrected chi connectivity index (χ1v) is 11.1. The van der Waals surface area contributed by atoms with Crippen LogP contribution in [-0.2, 0) is 27.5 Å². The van der Waals surface area contributed by atoms with Crippen LogP contribution in [0.4, 0.5) is 5.69 Å². The lowest BCUT2D eigenvalue weighted by atomic mass is 9.96. The molecule has 0 spiro atoms. The topological polar surface area (TPSA) is 79.0 Å². The average Bonchev–Trinajstić information content (AvgIpc) is 3.25. The van der Waals surface area contributed by atoms with Crippen molar-refractivity contribution in [3.05, 3.63) is 59.7 Å². The highest BCUT2D eigenvalue weighted by atomic mass is 16.5. The normalized spacial score (nSPS) is 18.7. The molecule has 168 valence electrons. The minimum absolute atomic E-state index is 0.0404. The summed E-state index contributed by atoms with van der Waals surface area (Å²) in [7, 11) is 1.61. The summed E-state index contributed by atoms with van der Waals surface area (Å²) in [6, 6.07) is 15.4. The summed E-state index contributed by atoms with van der Waals surface area (Å²) < 4.78 is 5.39. The van der Waals surface area contributed by atoms with E-state index in [0.717, 1.165) is 35.5 Å². The largest absolute Gasteiger partial charge is 0.496 e. The van der Waals surface area contributed by atoms with Crippen LogP contribution in [0.2, 0.25) is 0 Å². The van der Waals surface area contributed by atoms with Crippen LogP contribution in [0.25, 0.3) is 0 Å². The predicted molar refractivity (Wildman–Crippen MR) is 121 cm³/mol. The van der Waals surface area contributed by atoms with E-state index in [2.05, 4.69) is 5.32 Å². The van der Waals surface area contributed by atoms with Crippen molar-refractivity contribution in [2.24, 2.45) is 5.92 Å². The number of rotatable bonds is 7. The molecule has 0 radical (unpaired) electrons. The van der Waals surface area contributed by atoms with E-state index >= 15 is 0 Å². The number of hydrogen-bond acceptors (Lipinski definition) is 4. The van der Waals surface area contributed by atoms with Gasteiger partial charge in [0.15, 0.2) is 0 Å². The van der Waals surface area contributed by atoms with Crippen LogP contribution in [0, 0.1) is 5.92 Å². The molecule has 2 saturated heterocycles. The molecule has 7 heteroatoms. The lowest BCUT2D eigenvalue weighted by molar-refractivity contribution is -0.139. The first kappa shape index (κ1) is 21.9. The first-order chi connectivity index (χ1) is 15.5. The zero-order valence-corrected chi connectivity index (χ0v) is 18.4. The maximum Gasteiger partial charge on any atom is 0.227 e. The number of methoxy groups -OCH3 is 1. The molecule has 2 aromatic carbocycles. The zero-order chi connectivity index (χ0) is 22.5. The van der Waals surface area contributed by atoms with Crippen molar-refractivity contribution < 1.29 is 19.1 Å². The quantitative estimate of drug-likeness (QED) is 0.725. The highest BCUT2D eigenvalue weighted by molar-refractivity contribution is 5.95. The van der Waals surface area contributed by atoms with Gasteiger partial charge in [0, 0.05) is 50.3 Å². The van der Waals surface area contributed by atoms with Crippen molar-refractivity contribution in [2.45, 2.75) is 38.8 Å². The van der Waals surface area contributed by atoms with Gasteiger partial charge in [-0.15, -0.1) is 0 Å². The first-order valence-electron chi connectivity index (χ1n) is 11.1. The van der Waals surface area contributed by atoms with Crippen molar-refractivity contribution in [3.8, 4) is 5.75 Å². The fourth-order valence-corrected chi connectivity index (χ4v) is 4.37. The van der Waals surface area contributed by atoms with E-state index in [1.807, 2.05) is 48.5 Å². The fraction of sp³-hybridized carbons (Fsp3) is 0.400. The lowest BCUT2D eigenvalue weighted by Crippen LogP contribution is -2.45. The number of likely N-dealkylation sites (tertiary alicyclic amines) is 1. The molecule has 4 rings (SSSR count). The Morgan fingerprint density at radius 2 is 1.84 bits per heavy atom. The smallest absolute Gasteiger partial charge is 0.227 e. The van der Waals surface area contributed by atoms with Crippen molar-refractivity contribution in [3.63, 3.8) is 0 Å². The molecule has 2 aliphatic rings. The summed E-state index contributed by atoms with van der Waals surface area (Å²) in [5.41, 5.74) is 2.81. The molecule has 2 heterocycles. The highest BCUT2D eigenvalue weighted by Gasteiger charge is 2.30. The standard InChI is InChI=1S/C25H29N3O4/c1-32-22-6-3-2-5-19(22)16-27-17-20(10-13-23(27)29)25(31)26-15-18-8-11-21(12-9-18)28-14-4-7-24(28)30/h2-3,5-6,8-9,11-12,20H,4,7,10,13-17H2,1H3,(H,26,31). The molecule has 7 nitrogen and oxygen atoms in total. The molecular formula is C25H29N3O4. The molecule has 1 unspecified atom stereocenters. The Labute approximate surface area is 188 Å². The summed E-state index contributed by atoms with van der Waals surface area (Å²) in [6.07, 6.45) is 2.43. The molecular weight excluding hydrogens is 406 g/mol. The molecule has 0 aromatic heterocycles. The number of nitrogens with zero attached hydrogens (tertiary/aromatic N) is 2. The van der Waals surface area contributed by atoms with E-state index in [1.54, 1.807) is 16.9 Å². The van der Waals surface area contributed by atoms with E-state index in [9.17, 15) is 14.4 Å². The molecule has 2 aliphatic heterocycles. The third-order valence-electron chi connectivity index (χ3n) is 6.21. The molecule has 1 N–H and O–H groups in total. The Morgan fingerprint density at radius 3 is 2.56 bits per heavy atom. The number of carbonyl (C=O) groups is 3. The number of amides is 3. The van der Waals surface area contributed by atoms with E-state index in [0.29, 0.717) is 38.9 Å². The Bertz CT molecular complexity index is 989. The van der Waals surface area contributed by atoms with E-state index in [-0.39, 0.29) is 23.6 Å². The maximum atomic E-state index is 12.8. The number of para-hydroxylation sites is 1. The molecule has 2 aromatic rings. The lowest BCUT2D eigenvalue weighted by Gasteiger charge is -2.32. The second kappa shape index (κ2) is 9.85. The van der Waals surface area contributed by atoms with Gasteiger partial charge < -0.3 is 19.9 Å².